The van der Waals surface area contributed by atoms with E-state index in [0.29, 0.717) is 10.6 Å². The van der Waals surface area contributed by atoms with Crippen molar-refractivity contribution < 1.29 is 5.11 Å². The van der Waals surface area contributed by atoms with Crippen LogP contribution < -0.4 is 5.56 Å². The molecule has 102 valence electrons. The van der Waals surface area contributed by atoms with Crippen molar-refractivity contribution in [1.29, 1.82) is 5.26 Å². The molecule has 1 atom stereocenters. The molecule has 0 bridgehead atoms. The van der Waals surface area contributed by atoms with Crippen LogP contribution in [0.25, 0.3) is 0 Å². The molecule has 0 amide bonds. The first kappa shape index (κ1) is 14.3. The van der Waals surface area contributed by atoms with E-state index >= 15 is 0 Å². The zero-order chi connectivity index (χ0) is 14.6. The van der Waals surface area contributed by atoms with Crippen LogP contribution in [0, 0.1) is 11.3 Å². The van der Waals surface area contributed by atoms with Gasteiger partial charge in [0.05, 0.1) is 19.0 Å². The molecule has 0 spiro atoms. The molecule has 20 heavy (non-hydrogen) atoms. The van der Waals surface area contributed by atoms with Gasteiger partial charge in [0.1, 0.15) is 5.60 Å². The third-order valence-electron chi connectivity index (χ3n) is 3.08. The van der Waals surface area contributed by atoms with Gasteiger partial charge in [0.15, 0.2) is 0 Å². The lowest BCUT2D eigenvalue weighted by Gasteiger charge is -2.27. The predicted molar refractivity (Wildman–Crippen MR) is 76.3 cm³/mol. The molecule has 0 aliphatic carbocycles. The van der Waals surface area contributed by atoms with Crippen molar-refractivity contribution in [2.45, 2.75) is 18.6 Å². The second-order valence-electron chi connectivity index (χ2n) is 4.54. The summed E-state index contributed by atoms with van der Waals surface area (Å²) >= 11 is 5.82. The van der Waals surface area contributed by atoms with Crippen LogP contribution in [0.15, 0.2) is 53.5 Å². The smallest absolute Gasteiger partial charge is 0.250 e. The van der Waals surface area contributed by atoms with Gasteiger partial charge in [-0.3, -0.25) is 4.79 Å². The largest absolute Gasteiger partial charge is 0.382 e. The summed E-state index contributed by atoms with van der Waals surface area (Å²) in [6.45, 7) is 0.0157. The molecule has 1 aromatic heterocycles. The first-order chi connectivity index (χ1) is 9.55. The second kappa shape index (κ2) is 5.91. The summed E-state index contributed by atoms with van der Waals surface area (Å²) in [5, 5.41) is 20.2. The highest BCUT2D eigenvalue weighted by Gasteiger charge is 2.30. The van der Waals surface area contributed by atoms with Crippen molar-refractivity contribution in [2.24, 2.45) is 0 Å². The minimum absolute atomic E-state index is 0.0157. The Labute approximate surface area is 121 Å². The van der Waals surface area contributed by atoms with Gasteiger partial charge in [0.25, 0.3) is 5.56 Å². The van der Waals surface area contributed by atoms with Crippen molar-refractivity contribution in [1.82, 2.24) is 4.57 Å². The van der Waals surface area contributed by atoms with Crippen molar-refractivity contribution in [3.05, 3.63) is 69.6 Å². The molecule has 0 aliphatic rings. The number of halogens is 1. The first-order valence-electron chi connectivity index (χ1n) is 6.06. The number of hydrogen-bond donors (Lipinski definition) is 1. The van der Waals surface area contributed by atoms with Gasteiger partial charge < -0.3 is 9.67 Å². The number of nitrogens with zero attached hydrogens (tertiary/aromatic N) is 2. The molecule has 4 nitrogen and oxygen atoms in total. The van der Waals surface area contributed by atoms with Crippen LogP contribution in [0.3, 0.4) is 0 Å². The van der Waals surface area contributed by atoms with Gasteiger partial charge in [0, 0.05) is 17.3 Å². The Morgan fingerprint density at radius 3 is 2.55 bits per heavy atom. The average molecular weight is 289 g/mol. The highest BCUT2D eigenvalue weighted by Crippen LogP contribution is 2.27. The van der Waals surface area contributed by atoms with E-state index in [1.807, 2.05) is 6.07 Å². The first-order valence-corrected chi connectivity index (χ1v) is 6.44. The average Bonchev–Trinajstić information content (AvgIpc) is 2.42. The van der Waals surface area contributed by atoms with E-state index in [1.54, 1.807) is 42.6 Å². The number of aromatic nitrogens is 1. The summed E-state index contributed by atoms with van der Waals surface area (Å²) in [5.74, 6) is 0. The fourth-order valence-electron chi connectivity index (χ4n) is 2.01. The molecule has 0 fully saturated rings. The van der Waals surface area contributed by atoms with E-state index < -0.39 is 5.60 Å². The van der Waals surface area contributed by atoms with E-state index in [1.165, 1.54) is 10.6 Å². The molecule has 0 radical (unpaired) electrons. The lowest BCUT2D eigenvalue weighted by molar-refractivity contribution is 0.0220. The summed E-state index contributed by atoms with van der Waals surface area (Å²) in [5.41, 5.74) is -1.10. The van der Waals surface area contributed by atoms with Crippen LogP contribution in [0.5, 0.6) is 0 Å². The molecule has 0 aliphatic heterocycles. The number of benzene rings is 1. The van der Waals surface area contributed by atoms with Gasteiger partial charge in [-0.05, 0) is 23.8 Å². The summed E-state index contributed by atoms with van der Waals surface area (Å²) in [7, 11) is 0. The fourth-order valence-corrected chi connectivity index (χ4v) is 2.14. The highest BCUT2D eigenvalue weighted by atomic mass is 35.5. The molecule has 0 saturated carbocycles. The molecular weight excluding hydrogens is 276 g/mol. The molecule has 0 saturated heterocycles. The van der Waals surface area contributed by atoms with Crippen molar-refractivity contribution in [3.63, 3.8) is 0 Å². The lowest BCUT2D eigenvalue weighted by atomic mass is 9.90. The van der Waals surface area contributed by atoms with E-state index in [2.05, 4.69) is 0 Å². The van der Waals surface area contributed by atoms with Gasteiger partial charge in [0.2, 0.25) is 0 Å². The Morgan fingerprint density at radius 1 is 1.25 bits per heavy atom. The van der Waals surface area contributed by atoms with Gasteiger partial charge >= 0.3 is 0 Å². The van der Waals surface area contributed by atoms with Gasteiger partial charge in [-0.1, -0.05) is 29.8 Å². The van der Waals surface area contributed by atoms with Gasteiger partial charge in [-0.25, -0.2) is 0 Å². The zero-order valence-electron chi connectivity index (χ0n) is 10.7. The number of nitriles is 1. The molecule has 2 aromatic rings. The van der Waals surface area contributed by atoms with Crippen LogP contribution in [-0.4, -0.2) is 9.67 Å². The molecular formula is C15H13ClN2O2. The van der Waals surface area contributed by atoms with Crippen LogP contribution in [0.1, 0.15) is 12.0 Å². The molecule has 1 N–H and O–H groups in total. The van der Waals surface area contributed by atoms with E-state index in [9.17, 15) is 9.90 Å². The van der Waals surface area contributed by atoms with E-state index in [4.69, 9.17) is 16.9 Å². The second-order valence-corrected chi connectivity index (χ2v) is 4.98. The van der Waals surface area contributed by atoms with Crippen molar-refractivity contribution >= 4 is 11.6 Å². The minimum atomic E-state index is -1.43. The molecule has 5 heteroatoms. The van der Waals surface area contributed by atoms with Crippen LogP contribution in [-0.2, 0) is 12.1 Å². The summed E-state index contributed by atoms with van der Waals surface area (Å²) in [4.78, 5) is 11.7. The summed E-state index contributed by atoms with van der Waals surface area (Å²) < 4.78 is 1.38. The SMILES string of the molecule is N#CCC(O)(Cn1ccccc1=O)c1ccc(Cl)cc1. The standard InChI is InChI=1S/C15H13ClN2O2/c16-13-6-4-12(5-7-13)15(20,8-9-17)11-18-10-2-1-3-14(18)19/h1-7,10,20H,8,11H2. The Morgan fingerprint density at radius 2 is 1.95 bits per heavy atom. The van der Waals surface area contributed by atoms with Crippen LogP contribution >= 0.6 is 11.6 Å². The van der Waals surface area contributed by atoms with Crippen LogP contribution in [0.2, 0.25) is 5.02 Å². The van der Waals surface area contributed by atoms with E-state index in [-0.39, 0.29) is 18.5 Å². The number of hydrogen-bond acceptors (Lipinski definition) is 3. The molecule has 1 heterocycles. The Bertz CT molecular complexity index is 688. The number of rotatable bonds is 4. The molecule has 2 rings (SSSR count). The quantitative estimate of drug-likeness (QED) is 0.939. The van der Waals surface area contributed by atoms with Gasteiger partial charge in [-0.2, -0.15) is 5.26 Å². The maximum absolute atomic E-state index is 11.7. The number of aliphatic hydroxyl groups is 1. The number of pyridine rings is 1. The third-order valence-corrected chi connectivity index (χ3v) is 3.34. The van der Waals surface area contributed by atoms with Gasteiger partial charge in [-0.15, -0.1) is 0 Å². The Balaban J connectivity index is 2.40. The highest BCUT2D eigenvalue weighted by molar-refractivity contribution is 6.30. The maximum Gasteiger partial charge on any atom is 0.250 e. The Kier molecular flexibility index (Phi) is 4.23. The topological polar surface area (TPSA) is 66.0 Å². The van der Waals surface area contributed by atoms with Crippen molar-refractivity contribution in [3.8, 4) is 6.07 Å². The zero-order valence-corrected chi connectivity index (χ0v) is 11.4. The Hall–Kier alpha value is -2.09. The maximum atomic E-state index is 11.7. The summed E-state index contributed by atoms with van der Waals surface area (Å²) in [6, 6.07) is 13.3. The minimum Gasteiger partial charge on any atom is -0.382 e. The fraction of sp³-hybridized carbons (Fsp3) is 0.200. The van der Waals surface area contributed by atoms with Crippen molar-refractivity contribution in [2.75, 3.05) is 0 Å². The summed E-state index contributed by atoms with van der Waals surface area (Å²) in [6.07, 6.45) is 1.47. The molecule has 1 aromatic carbocycles. The molecule has 1 unspecified atom stereocenters. The normalized spacial score (nSPS) is 13.4. The monoisotopic (exact) mass is 288 g/mol. The lowest BCUT2D eigenvalue weighted by Crippen LogP contribution is -2.35. The van der Waals surface area contributed by atoms with E-state index in [0.717, 1.165) is 0 Å². The van der Waals surface area contributed by atoms with Crippen LogP contribution in [0.4, 0.5) is 0 Å². The predicted octanol–water partition coefficient (Wildman–Crippen LogP) is 2.30. The third kappa shape index (κ3) is 3.08.